The van der Waals surface area contributed by atoms with Crippen LogP contribution in [-0.2, 0) is 21.7 Å². The minimum absolute atomic E-state index is 0.122. The van der Waals surface area contributed by atoms with Crippen LogP contribution in [0.3, 0.4) is 0 Å². The number of rotatable bonds is 8. The first-order valence-corrected chi connectivity index (χ1v) is 14.5. The van der Waals surface area contributed by atoms with Crippen LogP contribution >= 0.6 is 15.9 Å². The van der Waals surface area contributed by atoms with E-state index >= 15 is 0 Å². The second-order valence-electron chi connectivity index (χ2n) is 10.9. The molecule has 1 saturated heterocycles. The lowest BCUT2D eigenvalue weighted by atomic mass is 10.00. The number of halogens is 2. The molecule has 3 aromatic heterocycles. The van der Waals surface area contributed by atoms with Gasteiger partial charge in [0.05, 0.1) is 17.6 Å². The van der Waals surface area contributed by atoms with E-state index < -0.39 is 29.6 Å². The van der Waals surface area contributed by atoms with E-state index in [4.69, 9.17) is 0 Å². The van der Waals surface area contributed by atoms with Crippen LogP contribution in [0.2, 0.25) is 0 Å². The summed E-state index contributed by atoms with van der Waals surface area (Å²) in [7, 11) is 0. The number of aromatic nitrogens is 4. The number of likely N-dealkylation sites (tertiary alicyclic amines) is 1. The molecule has 4 aromatic rings. The maximum atomic E-state index is 14.5. The number of Topliss-reactive ketones (excluding diaryl/α,β-unsaturated/α-hetero) is 1. The van der Waals surface area contributed by atoms with Crippen molar-refractivity contribution in [1.82, 2.24) is 29.7 Å². The molecule has 1 saturated carbocycles. The third-order valence-electron chi connectivity index (χ3n) is 7.88. The molecule has 0 spiro atoms. The number of carbonyl (C=O) groups is 4. The molecule has 2 N–H and O–H groups in total. The summed E-state index contributed by atoms with van der Waals surface area (Å²) < 4.78 is 16.7. The molecule has 43 heavy (non-hydrogen) atoms. The Bertz CT molecular complexity index is 1760. The Balaban J connectivity index is 1.23. The van der Waals surface area contributed by atoms with E-state index in [1.54, 1.807) is 29.0 Å². The van der Waals surface area contributed by atoms with Crippen molar-refractivity contribution in [3.8, 4) is 0 Å². The molecular weight excluding hydrogens is 621 g/mol. The number of fused-ring (bicyclic) bond motifs is 1. The number of ketones is 1. The largest absolute Gasteiger partial charge is 0.342 e. The lowest BCUT2D eigenvalue weighted by molar-refractivity contribution is -0.137. The highest BCUT2D eigenvalue weighted by Gasteiger charge is 2.46. The summed E-state index contributed by atoms with van der Waals surface area (Å²) in [6, 6.07) is 9.57. The Morgan fingerprint density at radius 3 is 2.58 bits per heavy atom. The predicted octanol–water partition coefficient (Wildman–Crippen LogP) is 3.79. The van der Waals surface area contributed by atoms with Gasteiger partial charge in [0.15, 0.2) is 5.78 Å². The molecule has 2 aliphatic rings. The van der Waals surface area contributed by atoms with Crippen LogP contribution in [0.1, 0.15) is 52.5 Å². The molecule has 1 aliphatic carbocycles. The van der Waals surface area contributed by atoms with Gasteiger partial charge in [-0.05, 0) is 65.5 Å². The maximum Gasteiger partial charge on any atom is 0.255 e. The average molecular weight is 648 g/mol. The maximum absolute atomic E-state index is 14.5. The van der Waals surface area contributed by atoms with Gasteiger partial charge in [0, 0.05) is 41.5 Å². The summed E-state index contributed by atoms with van der Waals surface area (Å²) >= 11 is 3.25. The summed E-state index contributed by atoms with van der Waals surface area (Å²) in [5, 5.41) is 6.38. The third-order valence-corrected chi connectivity index (χ3v) is 8.33. The number of nitrogens with zero attached hydrogens (tertiary/aromatic N) is 5. The Morgan fingerprint density at radius 1 is 1.12 bits per heavy atom. The van der Waals surface area contributed by atoms with E-state index in [0.717, 1.165) is 18.4 Å². The van der Waals surface area contributed by atoms with Crippen LogP contribution in [0.4, 0.5) is 10.2 Å². The number of carbonyl (C=O) groups excluding carboxylic acids is 4. The fraction of sp³-hybridized carbons (Fsp3) is 0.300. The number of anilines is 1. The van der Waals surface area contributed by atoms with Crippen molar-refractivity contribution in [2.45, 2.75) is 50.5 Å². The molecule has 6 rings (SSSR count). The van der Waals surface area contributed by atoms with Gasteiger partial charge >= 0.3 is 0 Å². The molecule has 2 fully saturated rings. The summed E-state index contributed by atoms with van der Waals surface area (Å²) in [5.74, 6) is -1.17. The molecule has 1 aromatic carbocycles. The zero-order chi connectivity index (χ0) is 30.3. The number of pyridine rings is 1. The Morgan fingerprint density at radius 2 is 1.88 bits per heavy atom. The molecule has 4 heterocycles. The number of amides is 3. The normalized spacial score (nSPS) is 18.8. The molecule has 0 radical (unpaired) electrons. The van der Waals surface area contributed by atoms with E-state index in [1.165, 1.54) is 30.5 Å². The van der Waals surface area contributed by atoms with Crippen LogP contribution in [0.5, 0.6) is 0 Å². The first-order chi connectivity index (χ1) is 20.6. The van der Waals surface area contributed by atoms with Crippen molar-refractivity contribution in [3.63, 3.8) is 0 Å². The lowest BCUT2D eigenvalue weighted by Crippen LogP contribution is -2.44. The molecule has 0 bridgehead atoms. The summed E-state index contributed by atoms with van der Waals surface area (Å²) in [5.41, 5.74) is 1.66. The van der Waals surface area contributed by atoms with E-state index in [-0.39, 0.29) is 37.0 Å². The second-order valence-corrected chi connectivity index (χ2v) is 11.7. The van der Waals surface area contributed by atoms with Gasteiger partial charge in [-0.3, -0.25) is 19.2 Å². The highest BCUT2D eigenvalue weighted by molar-refractivity contribution is 9.10. The van der Waals surface area contributed by atoms with Gasteiger partial charge in [0.2, 0.25) is 11.8 Å². The molecule has 11 nitrogen and oxygen atoms in total. The fourth-order valence-electron chi connectivity index (χ4n) is 5.56. The van der Waals surface area contributed by atoms with Gasteiger partial charge in [-0.25, -0.2) is 19.3 Å². The van der Waals surface area contributed by atoms with Crippen molar-refractivity contribution < 1.29 is 23.6 Å². The Labute approximate surface area is 254 Å². The zero-order valence-electron chi connectivity index (χ0n) is 23.1. The van der Waals surface area contributed by atoms with E-state index in [1.807, 2.05) is 18.2 Å². The van der Waals surface area contributed by atoms with Crippen molar-refractivity contribution in [3.05, 3.63) is 82.6 Å². The topological polar surface area (TPSA) is 139 Å². The summed E-state index contributed by atoms with van der Waals surface area (Å²) in [4.78, 5) is 65.2. The van der Waals surface area contributed by atoms with Gasteiger partial charge in [-0.2, -0.15) is 0 Å². The molecule has 0 unspecified atom stereocenters. The first-order valence-electron chi connectivity index (χ1n) is 13.7. The van der Waals surface area contributed by atoms with E-state index in [0.29, 0.717) is 26.6 Å². The van der Waals surface area contributed by atoms with Crippen molar-refractivity contribution in [2.75, 3.05) is 11.9 Å². The van der Waals surface area contributed by atoms with Crippen LogP contribution in [0.15, 0.2) is 65.9 Å². The number of benzene rings is 1. The van der Waals surface area contributed by atoms with Crippen LogP contribution in [0.25, 0.3) is 10.9 Å². The first kappa shape index (κ1) is 28.6. The molecule has 2 atom stereocenters. The lowest BCUT2D eigenvalue weighted by Gasteiger charge is -2.24. The summed E-state index contributed by atoms with van der Waals surface area (Å²) in [6.45, 7) is 1.05. The molecule has 13 heteroatoms. The third kappa shape index (κ3) is 5.76. The molecule has 220 valence electrons. The van der Waals surface area contributed by atoms with Crippen molar-refractivity contribution in [2.24, 2.45) is 0 Å². The van der Waals surface area contributed by atoms with Gasteiger partial charge < -0.3 is 20.1 Å². The zero-order valence-corrected chi connectivity index (χ0v) is 24.7. The monoisotopic (exact) mass is 647 g/mol. The Hall–Kier alpha value is -4.52. The quantitative estimate of drug-likeness (QED) is 0.219. The highest BCUT2D eigenvalue weighted by Crippen LogP contribution is 2.46. The van der Waals surface area contributed by atoms with Gasteiger partial charge in [-0.15, -0.1) is 0 Å². The predicted molar refractivity (Wildman–Crippen MR) is 158 cm³/mol. The van der Waals surface area contributed by atoms with Gasteiger partial charge in [-0.1, -0.05) is 12.1 Å². The summed E-state index contributed by atoms with van der Waals surface area (Å²) in [6.07, 6.45) is 5.84. The Kier molecular flexibility index (Phi) is 7.50. The average Bonchev–Trinajstić information content (AvgIpc) is 3.51. The standard InChI is InChI=1S/C30H27BrFN7O4/c1-17(40)22-14-38(15-27(41)39-13-20(32)10-24(39)29(43)36-26-4-2-3-25(31)35-26)23-6-5-19(9-21(22)23)30(7-8-30)37-28(42)18-11-33-16-34-12-18/h2-6,9,11-12,14,16,20,24H,7-8,10,13,15H2,1H3,(H,37,42)(H,35,36,43)/t20-,24+/m1/s1. The van der Waals surface area contributed by atoms with E-state index in [2.05, 4.69) is 41.5 Å². The molecule has 1 aliphatic heterocycles. The van der Waals surface area contributed by atoms with E-state index in [9.17, 15) is 23.6 Å². The SMILES string of the molecule is CC(=O)c1cn(CC(=O)N2C[C@H](F)C[C@H]2C(=O)Nc2cccc(Br)n2)c2ccc(C3(NC(=O)c4cncnc4)CC3)cc12. The number of hydrogen-bond acceptors (Lipinski definition) is 7. The second kappa shape index (κ2) is 11.3. The fourth-order valence-corrected chi connectivity index (χ4v) is 5.90. The van der Waals surface area contributed by atoms with Crippen LogP contribution < -0.4 is 10.6 Å². The number of nitrogens with one attached hydrogen (secondary N) is 2. The number of hydrogen-bond donors (Lipinski definition) is 2. The van der Waals surface area contributed by atoms with Crippen LogP contribution in [0, 0.1) is 0 Å². The highest BCUT2D eigenvalue weighted by atomic mass is 79.9. The minimum Gasteiger partial charge on any atom is -0.342 e. The number of alkyl halides is 1. The molecular formula is C30H27BrFN7O4. The van der Waals surface area contributed by atoms with Gasteiger partial charge in [0.1, 0.15) is 35.5 Å². The van der Waals surface area contributed by atoms with Crippen LogP contribution in [-0.4, -0.2) is 66.7 Å². The van der Waals surface area contributed by atoms with Gasteiger partial charge in [0.25, 0.3) is 5.91 Å². The van der Waals surface area contributed by atoms with Crippen molar-refractivity contribution >= 4 is 56.2 Å². The smallest absolute Gasteiger partial charge is 0.255 e. The minimum atomic E-state index is -1.35. The molecule has 3 amide bonds. The van der Waals surface area contributed by atoms with Crippen molar-refractivity contribution in [1.29, 1.82) is 0 Å².